The van der Waals surface area contributed by atoms with Crippen LogP contribution in [0.5, 0.6) is 0 Å². The van der Waals surface area contributed by atoms with Crippen LogP contribution in [0.4, 0.5) is 18.9 Å². The molecule has 1 aromatic carbocycles. The smallest absolute Gasteiger partial charge is 0.395 e. The molecule has 5 nitrogen and oxygen atoms in total. The molecule has 8 heteroatoms. The van der Waals surface area contributed by atoms with Gasteiger partial charge >= 0.3 is 6.18 Å². The number of aliphatic hydroxyl groups excluding tert-OH is 1. The summed E-state index contributed by atoms with van der Waals surface area (Å²) in [6.07, 6.45) is -4.04. The van der Waals surface area contributed by atoms with Gasteiger partial charge in [0.05, 0.1) is 12.2 Å². The highest BCUT2D eigenvalue weighted by atomic mass is 19.4. The van der Waals surface area contributed by atoms with Crippen molar-refractivity contribution in [1.29, 1.82) is 0 Å². The van der Waals surface area contributed by atoms with E-state index in [-0.39, 0.29) is 24.4 Å². The molecule has 23 heavy (non-hydrogen) atoms. The van der Waals surface area contributed by atoms with Gasteiger partial charge in [-0.15, -0.1) is 0 Å². The number of carbonyl (C=O) groups excluding carboxylic acids is 2. The third-order valence-corrected chi connectivity index (χ3v) is 2.98. The Morgan fingerprint density at radius 3 is 2.35 bits per heavy atom. The first kappa shape index (κ1) is 19.0. The van der Waals surface area contributed by atoms with Gasteiger partial charge in [-0.3, -0.25) is 9.59 Å². The van der Waals surface area contributed by atoms with Gasteiger partial charge in [-0.2, -0.15) is 13.2 Å². The Labute approximate surface area is 132 Å². The molecule has 2 amide bonds. The van der Waals surface area contributed by atoms with Gasteiger partial charge in [0, 0.05) is 31.3 Å². The largest absolute Gasteiger partial charge is 0.416 e. The monoisotopic (exact) mass is 332 g/mol. The topological polar surface area (TPSA) is 69.6 Å². The van der Waals surface area contributed by atoms with Crippen LogP contribution in [-0.2, 0) is 11.0 Å². The summed E-state index contributed by atoms with van der Waals surface area (Å²) in [5, 5.41) is 11.2. The van der Waals surface area contributed by atoms with Gasteiger partial charge in [0.15, 0.2) is 0 Å². The summed E-state index contributed by atoms with van der Waals surface area (Å²) < 4.78 is 38.9. The second-order valence-electron chi connectivity index (χ2n) is 4.99. The van der Waals surface area contributed by atoms with E-state index >= 15 is 0 Å². The highest BCUT2D eigenvalue weighted by Gasteiger charge is 2.32. The molecule has 1 aromatic rings. The minimum atomic E-state index is -4.64. The fraction of sp³-hybridized carbons (Fsp3) is 0.467. The number of amides is 2. The molecule has 0 fully saturated rings. The zero-order valence-corrected chi connectivity index (χ0v) is 12.9. The normalized spacial score (nSPS) is 11.2. The molecule has 0 saturated heterocycles. The van der Waals surface area contributed by atoms with Crippen molar-refractivity contribution in [2.45, 2.75) is 26.4 Å². The molecule has 0 aliphatic rings. The molecule has 2 N–H and O–H groups in total. The van der Waals surface area contributed by atoms with Crippen molar-refractivity contribution < 1.29 is 27.9 Å². The maximum atomic E-state index is 13.0. The second-order valence-corrected chi connectivity index (χ2v) is 4.99. The molecular formula is C15H19F3N2O3. The summed E-state index contributed by atoms with van der Waals surface area (Å²) in [6, 6.07) is 2.71. The number of benzene rings is 1. The number of hydrogen-bond acceptors (Lipinski definition) is 3. The van der Waals surface area contributed by atoms with E-state index < -0.39 is 23.6 Å². The molecule has 0 aromatic heterocycles. The van der Waals surface area contributed by atoms with Crippen LogP contribution >= 0.6 is 0 Å². The number of alkyl halides is 3. The first-order valence-corrected chi connectivity index (χ1v) is 7.09. The number of nitrogens with zero attached hydrogens (tertiary/aromatic N) is 1. The molecule has 0 spiro atoms. The van der Waals surface area contributed by atoms with Crippen molar-refractivity contribution in [3.63, 3.8) is 0 Å². The molecule has 0 radical (unpaired) electrons. The summed E-state index contributed by atoms with van der Waals surface area (Å²) in [5.41, 5.74) is -1.31. The second kappa shape index (κ2) is 7.96. The first-order chi connectivity index (χ1) is 10.7. The maximum absolute atomic E-state index is 13.0. The number of anilines is 1. The lowest BCUT2D eigenvalue weighted by Gasteiger charge is -2.22. The van der Waals surface area contributed by atoms with Crippen molar-refractivity contribution in [2.75, 3.05) is 25.0 Å². The Bertz CT molecular complexity index is 568. The summed E-state index contributed by atoms with van der Waals surface area (Å²) >= 11 is 0. The molecule has 0 aliphatic heterocycles. The van der Waals surface area contributed by atoms with Crippen LogP contribution in [0.25, 0.3) is 0 Å². The fourth-order valence-corrected chi connectivity index (χ4v) is 2.08. The van der Waals surface area contributed by atoms with E-state index in [1.54, 1.807) is 0 Å². The van der Waals surface area contributed by atoms with Crippen molar-refractivity contribution in [1.82, 2.24) is 4.90 Å². The minimum Gasteiger partial charge on any atom is -0.395 e. The quantitative estimate of drug-likeness (QED) is 0.841. The SMILES string of the molecule is CCCN(CCO)C(=O)c1cc(NC(C)=O)cc(C(F)(F)F)c1. The van der Waals surface area contributed by atoms with Gasteiger partial charge in [0.2, 0.25) is 5.91 Å². The van der Waals surface area contributed by atoms with Crippen LogP contribution in [-0.4, -0.2) is 41.5 Å². The Hall–Kier alpha value is -2.09. The molecular weight excluding hydrogens is 313 g/mol. The Morgan fingerprint density at radius 2 is 1.87 bits per heavy atom. The standard InChI is InChI=1S/C15H19F3N2O3/c1-3-4-20(5-6-21)14(23)11-7-12(15(16,17)18)9-13(8-11)19-10(2)22/h7-9,21H,3-6H2,1-2H3,(H,19,22). The van der Waals surface area contributed by atoms with Gasteiger partial charge in [0.25, 0.3) is 5.91 Å². The van der Waals surface area contributed by atoms with Crippen LogP contribution < -0.4 is 5.32 Å². The molecule has 0 unspecified atom stereocenters. The van der Waals surface area contributed by atoms with E-state index in [1.807, 2.05) is 6.92 Å². The van der Waals surface area contributed by atoms with E-state index in [4.69, 9.17) is 5.11 Å². The van der Waals surface area contributed by atoms with Crippen molar-refractivity contribution in [3.8, 4) is 0 Å². The number of carbonyl (C=O) groups is 2. The lowest BCUT2D eigenvalue weighted by molar-refractivity contribution is -0.137. The number of hydrogen-bond donors (Lipinski definition) is 2. The predicted molar refractivity (Wildman–Crippen MR) is 79.0 cm³/mol. The summed E-state index contributed by atoms with van der Waals surface area (Å²) in [6.45, 7) is 3.02. The average Bonchev–Trinajstić information content (AvgIpc) is 2.44. The highest BCUT2D eigenvalue weighted by Crippen LogP contribution is 2.32. The molecule has 0 bridgehead atoms. The molecule has 128 valence electrons. The van der Waals surface area contributed by atoms with Crippen LogP contribution in [0.15, 0.2) is 18.2 Å². The fourth-order valence-electron chi connectivity index (χ4n) is 2.08. The molecule has 1 rings (SSSR count). The first-order valence-electron chi connectivity index (χ1n) is 7.09. The highest BCUT2D eigenvalue weighted by molar-refractivity contribution is 5.97. The number of rotatable bonds is 6. The van der Waals surface area contributed by atoms with Gasteiger partial charge in [-0.25, -0.2) is 0 Å². The van der Waals surface area contributed by atoms with Crippen LogP contribution in [0, 0.1) is 0 Å². The number of nitrogens with one attached hydrogen (secondary N) is 1. The van der Waals surface area contributed by atoms with Gasteiger partial charge in [-0.05, 0) is 24.6 Å². The van der Waals surface area contributed by atoms with Crippen molar-refractivity contribution >= 4 is 17.5 Å². The zero-order valence-electron chi connectivity index (χ0n) is 12.9. The van der Waals surface area contributed by atoms with Gasteiger partial charge < -0.3 is 15.3 Å². The van der Waals surface area contributed by atoms with Crippen molar-refractivity contribution in [3.05, 3.63) is 29.3 Å². The molecule has 0 heterocycles. The molecule has 0 aliphatic carbocycles. The summed E-state index contributed by atoms with van der Waals surface area (Å²) in [5.74, 6) is -1.16. The van der Waals surface area contributed by atoms with E-state index in [2.05, 4.69) is 5.32 Å². The van der Waals surface area contributed by atoms with E-state index in [1.165, 1.54) is 11.0 Å². The third-order valence-electron chi connectivity index (χ3n) is 2.98. The Morgan fingerprint density at radius 1 is 1.22 bits per heavy atom. The number of aliphatic hydroxyl groups is 1. The van der Waals surface area contributed by atoms with Crippen molar-refractivity contribution in [2.24, 2.45) is 0 Å². The maximum Gasteiger partial charge on any atom is 0.416 e. The minimum absolute atomic E-state index is 0.0262. The lowest BCUT2D eigenvalue weighted by atomic mass is 10.1. The molecule has 0 saturated carbocycles. The van der Waals surface area contributed by atoms with Gasteiger partial charge in [0.1, 0.15) is 0 Å². The van der Waals surface area contributed by atoms with Crippen LogP contribution in [0.3, 0.4) is 0 Å². The average molecular weight is 332 g/mol. The zero-order chi connectivity index (χ0) is 17.6. The predicted octanol–water partition coefficient (Wildman–Crippen LogP) is 2.51. The molecule has 0 atom stereocenters. The van der Waals surface area contributed by atoms with E-state index in [0.717, 1.165) is 19.1 Å². The Kier molecular flexibility index (Phi) is 6.56. The van der Waals surface area contributed by atoms with Gasteiger partial charge in [-0.1, -0.05) is 6.92 Å². The van der Waals surface area contributed by atoms with E-state index in [9.17, 15) is 22.8 Å². The summed E-state index contributed by atoms with van der Waals surface area (Å²) in [7, 11) is 0. The third kappa shape index (κ3) is 5.55. The number of halogens is 3. The Balaban J connectivity index is 3.26. The van der Waals surface area contributed by atoms with Crippen LogP contribution in [0.1, 0.15) is 36.2 Å². The lowest BCUT2D eigenvalue weighted by Crippen LogP contribution is -2.34. The summed E-state index contributed by atoms with van der Waals surface area (Å²) in [4.78, 5) is 24.7. The van der Waals surface area contributed by atoms with E-state index in [0.29, 0.717) is 13.0 Å². The van der Waals surface area contributed by atoms with Crippen LogP contribution in [0.2, 0.25) is 0 Å².